The minimum Gasteiger partial charge on any atom is -0.497 e. The summed E-state index contributed by atoms with van der Waals surface area (Å²) < 4.78 is 7.09. The summed E-state index contributed by atoms with van der Waals surface area (Å²) in [6.45, 7) is 7.81. The van der Waals surface area contributed by atoms with Crippen molar-refractivity contribution in [1.82, 2.24) is 14.5 Å². The van der Waals surface area contributed by atoms with Gasteiger partial charge >= 0.3 is 0 Å². The maximum absolute atomic E-state index is 13.1. The summed E-state index contributed by atoms with van der Waals surface area (Å²) in [5.74, 6) is 0.509. The fraction of sp³-hybridized carbons (Fsp3) is 0.167. The number of amides is 2. The number of hydrogen-bond donors (Lipinski definition) is 1. The lowest BCUT2D eigenvalue weighted by Crippen LogP contribution is -2.38. The Hall–Kier alpha value is -4.65. The highest BCUT2D eigenvalue weighted by molar-refractivity contribution is 5.99. The van der Waals surface area contributed by atoms with Crippen molar-refractivity contribution in [1.29, 1.82) is 0 Å². The van der Waals surface area contributed by atoms with Gasteiger partial charge in [0.05, 0.1) is 12.8 Å². The molecule has 0 saturated heterocycles. The van der Waals surface area contributed by atoms with Crippen LogP contribution in [0.15, 0.2) is 91.6 Å². The number of nitrogens with zero attached hydrogens (tertiary/aromatic N) is 3. The van der Waals surface area contributed by atoms with E-state index in [0.29, 0.717) is 17.2 Å². The molecule has 0 aliphatic heterocycles. The lowest BCUT2D eigenvalue weighted by atomic mass is 10.1. The first-order valence-electron chi connectivity index (χ1n) is 12.0. The first-order valence-corrected chi connectivity index (χ1v) is 12.0. The second-order valence-electron chi connectivity index (χ2n) is 8.77. The summed E-state index contributed by atoms with van der Waals surface area (Å²) in [5, 5.41) is 2.90. The summed E-state index contributed by atoms with van der Waals surface area (Å²) in [4.78, 5) is 32.4. The highest BCUT2D eigenvalue weighted by Crippen LogP contribution is 2.26. The number of hydrogen-bond acceptors (Lipinski definition) is 4. The molecule has 0 saturated carbocycles. The molecule has 7 heteroatoms. The van der Waals surface area contributed by atoms with E-state index >= 15 is 0 Å². The molecule has 0 unspecified atom stereocenters. The van der Waals surface area contributed by atoms with Gasteiger partial charge < -0.3 is 9.64 Å². The molecule has 7 nitrogen and oxygen atoms in total. The van der Waals surface area contributed by atoms with Gasteiger partial charge in [-0.2, -0.15) is 0 Å². The first kappa shape index (κ1) is 25.4. The van der Waals surface area contributed by atoms with Crippen LogP contribution in [0.4, 0.5) is 5.95 Å². The van der Waals surface area contributed by atoms with Crippen molar-refractivity contribution in [3.05, 3.63) is 108 Å². The molecular formula is C30H30N4O3. The van der Waals surface area contributed by atoms with Gasteiger partial charge in [0.25, 0.3) is 5.91 Å². The normalized spacial score (nSPS) is 10.6. The molecule has 0 fully saturated rings. The molecule has 37 heavy (non-hydrogen) atoms. The largest absolute Gasteiger partial charge is 0.497 e. The van der Waals surface area contributed by atoms with Crippen LogP contribution >= 0.6 is 0 Å². The number of aryl methyl sites for hydroxylation is 2. The van der Waals surface area contributed by atoms with E-state index in [0.717, 1.165) is 28.1 Å². The number of carbonyl (C=O) groups is 2. The number of ether oxygens (including phenoxy) is 1. The molecule has 4 aromatic rings. The molecule has 1 heterocycles. The molecule has 0 aliphatic rings. The van der Waals surface area contributed by atoms with E-state index in [1.807, 2.05) is 85.3 Å². The van der Waals surface area contributed by atoms with Crippen molar-refractivity contribution in [2.24, 2.45) is 0 Å². The summed E-state index contributed by atoms with van der Waals surface area (Å²) in [6, 6.07) is 22.8. The van der Waals surface area contributed by atoms with Crippen LogP contribution < -0.4 is 10.1 Å². The Morgan fingerprint density at radius 1 is 0.973 bits per heavy atom. The van der Waals surface area contributed by atoms with Gasteiger partial charge in [-0.05, 0) is 62.4 Å². The fourth-order valence-corrected chi connectivity index (χ4v) is 3.86. The average Bonchev–Trinajstić information content (AvgIpc) is 3.32. The van der Waals surface area contributed by atoms with Crippen molar-refractivity contribution in [3.63, 3.8) is 0 Å². The Labute approximate surface area is 217 Å². The van der Waals surface area contributed by atoms with Crippen LogP contribution in [0, 0.1) is 13.8 Å². The lowest BCUT2D eigenvalue weighted by Gasteiger charge is -2.21. The average molecular weight is 495 g/mol. The molecular weight excluding hydrogens is 464 g/mol. The SMILES string of the molecule is C=CCN(CC(=O)Nc1nc(-c2ccc(OC)cc2)cn1-c1ccc(C)cc1)C(=O)c1ccc(C)cc1. The molecule has 1 aromatic heterocycles. The molecule has 0 radical (unpaired) electrons. The number of benzene rings is 3. The van der Waals surface area contributed by atoms with Crippen LogP contribution in [0.3, 0.4) is 0 Å². The van der Waals surface area contributed by atoms with Gasteiger partial charge in [-0.15, -0.1) is 6.58 Å². The Morgan fingerprint density at radius 3 is 2.19 bits per heavy atom. The predicted molar refractivity (Wildman–Crippen MR) is 146 cm³/mol. The van der Waals surface area contributed by atoms with Crippen LogP contribution in [0.25, 0.3) is 16.9 Å². The third kappa shape index (κ3) is 6.13. The van der Waals surface area contributed by atoms with Crippen molar-refractivity contribution < 1.29 is 14.3 Å². The molecule has 3 aromatic carbocycles. The summed E-state index contributed by atoms with van der Waals surface area (Å²) in [5.41, 5.74) is 5.12. The zero-order valence-electron chi connectivity index (χ0n) is 21.3. The topological polar surface area (TPSA) is 76.5 Å². The fourth-order valence-electron chi connectivity index (χ4n) is 3.86. The smallest absolute Gasteiger partial charge is 0.254 e. The maximum atomic E-state index is 13.1. The predicted octanol–water partition coefficient (Wildman–Crippen LogP) is 5.43. The Bertz CT molecular complexity index is 1390. The molecule has 4 rings (SSSR count). The van der Waals surface area contributed by atoms with Crippen molar-refractivity contribution in [2.75, 3.05) is 25.5 Å². The van der Waals surface area contributed by atoms with Crippen LogP contribution in [-0.4, -0.2) is 46.5 Å². The molecule has 0 aliphatic carbocycles. The van der Waals surface area contributed by atoms with Gasteiger partial charge in [0.2, 0.25) is 11.9 Å². The second-order valence-corrected chi connectivity index (χ2v) is 8.77. The van der Waals surface area contributed by atoms with Crippen LogP contribution in [0.2, 0.25) is 0 Å². The van der Waals surface area contributed by atoms with E-state index < -0.39 is 0 Å². The number of aromatic nitrogens is 2. The van der Waals surface area contributed by atoms with Crippen molar-refractivity contribution >= 4 is 17.8 Å². The highest BCUT2D eigenvalue weighted by Gasteiger charge is 2.20. The number of rotatable bonds is 9. The number of imidazole rings is 1. The molecule has 0 atom stereocenters. The minimum absolute atomic E-state index is 0.142. The Kier molecular flexibility index (Phi) is 7.83. The number of carbonyl (C=O) groups excluding carboxylic acids is 2. The summed E-state index contributed by atoms with van der Waals surface area (Å²) in [7, 11) is 1.62. The van der Waals surface area contributed by atoms with E-state index in [9.17, 15) is 9.59 Å². The van der Waals surface area contributed by atoms with Gasteiger partial charge in [0.15, 0.2) is 0 Å². The standard InChI is InChI=1S/C30H30N4O3/c1-5-18-33(29(36)24-10-6-21(2)7-11-24)20-28(35)32-30-31-27(23-12-16-26(37-4)17-13-23)19-34(30)25-14-8-22(3)9-15-25/h5-17,19H,1,18,20H2,2-4H3,(H,31,32,35). The molecule has 188 valence electrons. The van der Waals surface area contributed by atoms with Gasteiger partial charge in [-0.25, -0.2) is 4.98 Å². The Balaban J connectivity index is 1.60. The second kappa shape index (κ2) is 11.4. The monoisotopic (exact) mass is 494 g/mol. The van der Waals surface area contributed by atoms with Crippen LogP contribution in [0.5, 0.6) is 5.75 Å². The Morgan fingerprint density at radius 2 is 1.59 bits per heavy atom. The molecule has 1 N–H and O–H groups in total. The minimum atomic E-state index is -0.359. The zero-order chi connectivity index (χ0) is 26.4. The summed E-state index contributed by atoms with van der Waals surface area (Å²) in [6.07, 6.45) is 3.48. The number of anilines is 1. The van der Waals surface area contributed by atoms with Gasteiger partial charge in [0.1, 0.15) is 12.3 Å². The summed E-state index contributed by atoms with van der Waals surface area (Å²) >= 11 is 0. The van der Waals surface area contributed by atoms with Gasteiger partial charge in [0, 0.05) is 29.6 Å². The van der Waals surface area contributed by atoms with Gasteiger partial charge in [-0.3, -0.25) is 19.5 Å². The van der Waals surface area contributed by atoms with Gasteiger partial charge in [-0.1, -0.05) is 41.5 Å². The van der Waals surface area contributed by atoms with E-state index in [4.69, 9.17) is 9.72 Å². The quantitative estimate of drug-likeness (QED) is 0.315. The molecule has 0 spiro atoms. The van der Waals surface area contributed by atoms with E-state index in [1.165, 1.54) is 4.90 Å². The number of methoxy groups -OCH3 is 1. The first-order chi connectivity index (χ1) is 17.9. The van der Waals surface area contributed by atoms with E-state index in [1.54, 1.807) is 25.3 Å². The molecule has 2 amide bonds. The van der Waals surface area contributed by atoms with Crippen molar-refractivity contribution in [2.45, 2.75) is 13.8 Å². The maximum Gasteiger partial charge on any atom is 0.254 e. The third-order valence-electron chi connectivity index (χ3n) is 5.92. The molecule has 0 bridgehead atoms. The lowest BCUT2D eigenvalue weighted by molar-refractivity contribution is -0.116. The van der Waals surface area contributed by atoms with Crippen molar-refractivity contribution in [3.8, 4) is 22.7 Å². The number of nitrogens with one attached hydrogen (secondary N) is 1. The van der Waals surface area contributed by atoms with Crippen LogP contribution in [-0.2, 0) is 4.79 Å². The third-order valence-corrected chi connectivity index (χ3v) is 5.92. The zero-order valence-corrected chi connectivity index (χ0v) is 21.3. The van der Waals surface area contributed by atoms with E-state index in [2.05, 4.69) is 11.9 Å². The highest BCUT2D eigenvalue weighted by atomic mass is 16.5. The van der Waals surface area contributed by atoms with Crippen LogP contribution in [0.1, 0.15) is 21.5 Å². The van der Waals surface area contributed by atoms with E-state index in [-0.39, 0.29) is 24.9 Å².